The predicted molar refractivity (Wildman–Crippen MR) is 65.8 cm³/mol. The van der Waals surface area contributed by atoms with Crippen LogP contribution in [0.4, 0.5) is 4.79 Å². The highest BCUT2D eigenvalue weighted by molar-refractivity contribution is 5.70. The molecule has 2 saturated heterocycles. The van der Waals surface area contributed by atoms with E-state index >= 15 is 0 Å². The highest BCUT2D eigenvalue weighted by Crippen LogP contribution is 2.20. The third kappa shape index (κ3) is 2.72. The molecule has 2 fully saturated rings. The molecule has 2 aliphatic heterocycles. The summed E-state index contributed by atoms with van der Waals surface area (Å²) in [5.41, 5.74) is 5.67. The molecule has 0 aromatic rings. The van der Waals surface area contributed by atoms with Gasteiger partial charge in [0.15, 0.2) is 0 Å². The number of piperidine rings is 1. The van der Waals surface area contributed by atoms with Crippen molar-refractivity contribution in [2.45, 2.75) is 38.3 Å². The zero-order chi connectivity index (χ0) is 12.3. The molecular weight excluding hydrogens is 218 g/mol. The molecule has 1 amide bonds. The van der Waals surface area contributed by atoms with Gasteiger partial charge in [-0.1, -0.05) is 13.3 Å². The summed E-state index contributed by atoms with van der Waals surface area (Å²) >= 11 is 0. The van der Waals surface area contributed by atoms with Crippen molar-refractivity contribution in [3.63, 3.8) is 0 Å². The second-order valence-corrected chi connectivity index (χ2v) is 4.90. The molecule has 0 radical (unpaired) electrons. The molecule has 0 spiro atoms. The Bertz CT molecular complexity index is 272. The van der Waals surface area contributed by atoms with E-state index in [1.165, 1.54) is 19.3 Å². The van der Waals surface area contributed by atoms with Gasteiger partial charge in [0, 0.05) is 19.1 Å². The van der Waals surface area contributed by atoms with Gasteiger partial charge >= 0.3 is 6.09 Å². The van der Waals surface area contributed by atoms with Crippen molar-refractivity contribution in [3.05, 3.63) is 0 Å². The van der Waals surface area contributed by atoms with Crippen LogP contribution in [0, 0.1) is 0 Å². The first-order valence-electron chi connectivity index (χ1n) is 6.63. The van der Waals surface area contributed by atoms with Crippen LogP contribution in [-0.2, 0) is 4.74 Å². The van der Waals surface area contributed by atoms with Crippen LogP contribution in [0.15, 0.2) is 0 Å². The predicted octanol–water partition coefficient (Wildman–Crippen LogP) is 0.640. The molecule has 5 heteroatoms. The quantitative estimate of drug-likeness (QED) is 0.784. The van der Waals surface area contributed by atoms with Gasteiger partial charge in [0.25, 0.3) is 0 Å². The topological polar surface area (TPSA) is 58.8 Å². The fourth-order valence-electron chi connectivity index (χ4n) is 2.82. The van der Waals surface area contributed by atoms with Crippen molar-refractivity contribution in [3.8, 4) is 0 Å². The Kier molecular flexibility index (Phi) is 4.23. The monoisotopic (exact) mass is 241 g/mol. The Morgan fingerprint density at radius 3 is 2.94 bits per heavy atom. The van der Waals surface area contributed by atoms with Crippen LogP contribution in [0.5, 0.6) is 0 Å². The first-order chi connectivity index (χ1) is 8.26. The molecule has 0 aliphatic carbocycles. The van der Waals surface area contributed by atoms with Crippen LogP contribution >= 0.6 is 0 Å². The minimum absolute atomic E-state index is 0.0723. The van der Waals surface area contributed by atoms with Crippen LogP contribution in [0.3, 0.4) is 0 Å². The van der Waals surface area contributed by atoms with E-state index in [9.17, 15) is 4.79 Å². The molecule has 2 aliphatic rings. The zero-order valence-electron chi connectivity index (χ0n) is 10.6. The van der Waals surface area contributed by atoms with Crippen LogP contribution < -0.4 is 5.73 Å². The first-order valence-corrected chi connectivity index (χ1v) is 6.63. The average molecular weight is 241 g/mol. The van der Waals surface area contributed by atoms with Gasteiger partial charge in [-0.2, -0.15) is 0 Å². The lowest BCUT2D eigenvalue weighted by Gasteiger charge is -2.37. The van der Waals surface area contributed by atoms with E-state index in [2.05, 4.69) is 11.8 Å². The maximum Gasteiger partial charge on any atom is 0.410 e. The number of likely N-dealkylation sites (N-methyl/N-ethyl adjacent to an activating group) is 1. The number of carbonyl (C=O) groups is 1. The molecule has 0 aromatic carbocycles. The second kappa shape index (κ2) is 5.69. The molecule has 5 nitrogen and oxygen atoms in total. The van der Waals surface area contributed by atoms with Crippen molar-refractivity contribution in [2.24, 2.45) is 5.73 Å². The highest BCUT2D eigenvalue weighted by Gasteiger charge is 2.35. The molecule has 98 valence electrons. The lowest BCUT2D eigenvalue weighted by molar-refractivity contribution is 0.108. The summed E-state index contributed by atoms with van der Waals surface area (Å²) in [4.78, 5) is 15.9. The number of hydrogen-bond acceptors (Lipinski definition) is 4. The van der Waals surface area contributed by atoms with E-state index in [4.69, 9.17) is 10.5 Å². The number of hydrogen-bond donors (Lipinski definition) is 1. The van der Waals surface area contributed by atoms with Crippen LogP contribution in [0.25, 0.3) is 0 Å². The molecule has 2 heterocycles. The van der Waals surface area contributed by atoms with Crippen molar-refractivity contribution in [1.82, 2.24) is 9.80 Å². The molecule has 2 N–H and O–H groups in total. The SMILES string of the molecule is CCN1CCCCC1CN1C(=O)OCC1CN. The Morgan fingerprint density at radius 2 is 2.24 bits per heavy atom. The van der Waals surface area contributed by atoms with Gasteiger partial charge in [-0.15, -0.1) is 0 Å². The lowest BCUT2D eigenvalue weighted by atomic mass is 10.0. The van der Waals surface area contributed by atoms with E-state index in [0.717, 1.165) is 19.6 Å². The molecule has 0 saturated carbocycles. The van der Waals surface area contributed by atoms with Crippen molar-refractivity contribution >= 4 is 6.09 Å². The fraction of sp³-hybridized carbons (Fsp3) is 0.917. The Balaban J connectivity index is 1.95. The number of ether oxygens (including phenoxy) is 1. The Morgan fingerprint density at radius 1 is 1.41 bits per heavy atom. The van der Waals surface area contributed by atoms with Gasteiger partial charge in [-0.05, 0) is 25.9 Å². The smallest absolute Gasteiger partial charge is 0.410 e. The van der Waals surface area contributed by atoms with Gasteiger partial charge in [-0.3, -0.25) is 9.80 Å². The van der Waals surface area contributed by atoms with Crippen molar-refractivity contribution < 1.29 is 9.53 Å². The van der Waals surface area contributed by atoms with Crippen molar-refractivity contribution in [1.29, 1.82) is 0 Å². The van der Waals surface area contributed by atoms with Gasteiger partial charge in [0.1, 0.15) is 6.61 Å². The van der Waals surface area contributed by atoms with Gasteiger partial charge in [0.2, 0.25) is 0 Å². The van der Waals surface area contributed by atoms with Crippen molar-refractivity contribution in [2.75, 3.05) is 32.8 Å². The highest BCUT2D eigenvalue weighted by atomic mass is 16.6. The lowest BCUT2D eigenvalue weighted by Crippen LogP contribution is -2.50. The summed E-state index contributed by atoms with van der Waals surface area (Å²) in [5.74, 6) is 0. The average Bonchev–Trinajstić information content (AvgIpc) is 2.71. The number of likely N-dealkylation sites (tertiary alicyclic amines) is 1. The van der Waals surface area contributed by atoms with E-state index in [1.807, 2.05) is 4.90 Å². The zero-order valence-corrected chi connectivity index (χ0v) is 10.6. The first kappa shape index (κ1) is 12.6. The maximum atomic E-state index is 11.6. The van der Waals surface area contributed by atoms with E-state index in [0.29, 0.717) is 19.2 Å². The Labute approximate surface area is 103 Å². The minimum Gasteiger partial charge on any atom is -0.447 e. The van der Waals surface area contributed by atoms with Crippen LogP contribution in [0.1, 0.15) is 26.2 Å². The Hall–Kier alpha value is -0.810. The van der Waals surface area contributed by atoms with E-state index < -0.39 is 0 Å². The molecule has 2 atom stereocenters. The number of rotatable bonds is 4. The summed E-state index contributed by atoms with van der Waals surface area (Å²) in [6.45, 7) is 6.10. The molecular formula is C12H23N3O2. The number of cyclic esters (lactones) is 1. The van der Waals surface area contributed by atoms with Crippen LogP contribution in [-0.4, -0.2) is 60.8 Å². The maximum absolute atomic E-state index is 11.6. The normalized spacial score (nSPS) is 30.7. The third-order valence-corrected chi connectivity index (χ3v) is 3.91. The van der Waals surface area contributed by atoms with Crippen LogP contribution in [0.2, 0.25) is 0 Å². The molecule has 0 aromatic heterocycles. The number of amides is 1. The van der Waals surface area contributed by atoms with Gasteiger partial charge in [0.05, 0.1) is 6.04 Å². The number of nitrogens with two attached hydrogens (primary N) is 1. The standard InChI is InChI=1S/C12H23N3O2/c1-2-14-6-4-3-5-10(14)8-15-11(7-13)9-17-12(15)16/h10-11H,2-9,13H2,1H3. The second-order valence-electron chi connectivity index (χ2n) is 4.90. The molecule has 2 unspecified atom stereocenters. The largest absolute Gasteiger partial charge is 0.447 e. The molecule has 0 bridgehead atoms. The third-order valence-electron chi connectivity index (χ3n) is 3.91. The summed E-state index contributed by atoms with van der Waals surface area (Å²) < 4.78 is 5.07. The summed E-state index contributed by atoms with van der Waals surface area (Å²) in [6.07, 6.45) is 3.52. The molecule has 2 rings (SSSR count). The van der Waals surface area contributed by atoms with E-state index in [1.54, 1.807) is 0 Å². The molecule has 17 heavy (non-hydrogen) atoms. The van der Waals surface area contributed by atoms with Gasteiger partial charge in [-0.25, -0.2) is 4.79 Å². The summed E-state index contributed by atoms with van der Waals surface area (Å²) in [5, 5.41) is 0. The fourth-order valence-corrected chi connectivity index (χ4v) is 2.82. The number of carbonyl (C=O) groups excluding carboxylic acids is 1. The summed E-state index contributed by atoms with van der Waals surface area (Å²) in [6, 6.07) is 0.552. The number of nitrogens with zero attached hydrogens (tertiary/aromatic N) is 2. The minimum atomic E-state index is -0.193. The summed E-state index contributed by atoms with van der Waals surface area (Å²) in [7, 11) is 0. The van der Waals surface area contributed by atoms with E-state index in [-0.39, 0.29) is 12.1 Å². The van der Waals surface area contributed by atoms with Gasteiger partial charge < -0.3 is 10.5 Å².